The summed E-state index contributed by atoms with van der Waals surface area (Å²) in [5.41, 5.74) is 2.00. The molecule has 24 heavy (non-hydrogen) atoms. The summed E-state index contributed by atoms with van der Waals surface area (Å²) in [7, 11) is 0. The first kappa shape index (κ1) is 16.9. The third kappa shape index (κ3) is 4.54. The molecular formula is C18H23N3O2S. The van der Waals surface area contributed by atoms with E-state index in [4.69, 9.17) is 0 Å². The fraction of sp³-hybridized carbons (Fsp3) is 0.500. The monoisotopic (exact) mass is 345 g/mol. The van der Waals surface area contributed by atoms with Crippen LogP contribution in [0.1, 0.15) is 51.0 Å². The molecule has 0 aliphatic heterocycles. The van der Waals surface area contributed by atoms with E-state index in [0.717, 1.165) is 35.0 Å². The van der Waals surface area contributed by atoms with Crippen LogP contribution in [-0.4, -0.2) is 22.8 Å². The fourth-order valence-electron chi connectivity index (χ4n) is 3.13. The van der Waals surface area contributed by atoms with E-state index in [1.165, 1.54) is 37.5 Å². The smallest absolute Gasteiger partial charge is 0.223 e. The second-order valence-electron chi connectivity index (χ2n) is 6.40. The largest absolute Gasteiger partial charge is 0.353 e. The first-order chi connectivity index (χ1) is 11.6. The van der Waals surface area contributed by atoms with Crippen LogP contribution in [0.5, 0.6) is 0 Å². The average Bonchev–Trinajstić information content (AvgIpc) is 2.94. The van der Waals surface area contributed by atoms with E-state index in [1.807, 2.05) is 12.1 Å². The van der Waals surface area contributed by atoms with E-state index in [1.54, 1.807) is 0 Å². The van der Waals surface area contributed by atoms with E-state index in [0.29, 0.717) is 17.6 Å². The van der Waals surface area contributed by atoms with E-state index in [9.17, 15) is 9.59 Å². The number of anilines is 1. The molecule has 1 heterocycles. The molecule has 0 radical (unpaired) electrons. The molecular weight excluding hydrogens is 322 g/mol. The number of nitrogens with one attached hydrogen (secondary N) is 2. The summed E-state index contributed by atoms with van der Waals surface area (Å²) in [6.07, 6.45) is 7.21. The molecule has 6 heteroatoms. The van der Waals surface area contributed by atoms with Gasteiger partial charge in [-0.25, -0.2) is 4.98 Å². The van der Waals surface area contributed by atoms with Gasteiger partial charge in [0.05, 0.1) is 10.2 Å². The highest BCUT2D eigenvalue weighted by atomic mass is 32.1. The van der Waals surface area contributed by atoms with E-state index in [2.05, 4.69) is 21.7 Å². The first-order valence-electron chi connectivity index (χ1n) is 8.56. The molecule has 2 aromatic rings. The number of hydrogen-bond acceptors (Lipinski definition) is 4. The Kier molecular flexibility index (Phi) is 5.45. The topological polar surface area (TPSA) is 71.1 Å². The molecule has 1 aliphatic rings. The second-order valence-corrected chi connectivity index (χ2v) is 7.44. The Morgan fingerprint density at radius 2 is 2.04 bits per heavy atom. The van der Waals surface area contributed by atoms with Gasteiger partial charge in [-0.15, -0.1) is 0 Å². The summed E-state index contributed by atoms with van der Waals surface area (Å²) in [4.78, 5) is 27.6. The van der Waals surface area contributed by atoms with Crippen LogP contribution < -0.4 is 10.6 Å². The maximum atomic E-state index is 12.1. The predicted octanol–water partition coefficient (Wildman–Crippen LogP) is 3.64. The minimum atomic E-state index is -0.117. The maximum absolute atomic E-state index is 12.1. The third-order valence-electron chi connectivity index (χ3n) is 4.35. The number of aryl methyl sites for hydroxylation is 1. The zero-order valence-corrected chi connectivity index (χ0v) is 14.7. The van der Waals surface area contributed by atoms with Crippen molar-refractivity contribution in [3.63, 3.8) is 0 Å². The lowest BCUT2D eigenvalue weighted by Crippen LogP contribution is -2.36. The highest BCUT2D eigenvalue weighted by Crippen LogP contribution is 2.27. The predicted molar refractivity (Wildman–Crippen MR) is 97.3 cm³/mol. The average molecular weight is 345 g/mol. The third-order valence-corrected chi connectivity index (χ3v) is 5.28. The van der Waals surface area contributed by atoms with Gasteiger partial charge in [0.2, 0.25) is 11.8 Å². The Balaban J connectivity index is 1.56. The summed E-state index contributed by atoms with van der Waals surface area (Å²) in [5, 5.41) is 6.49. The van der Waals surface area contributed by atoms with E-state index in [-0.39, 0.29) is 11.8 Å². The number of benzene rings is 1. The van der Waals surface area contributed by atoms with Crippen LogP contribution in [-0.2, 0) is 16.0 Å². The van der Waals surface area contributed by atoms with Crippen molar-refractivity contribution in [2.45, 2.75) is 57.9 Å². The molecule has 2 N–H and O–H groups in total. The molecule has 1 aromatic carbocycles. The van der Waals surface area contributed by atoms with Gasteiger partial charge in [0.15, 0.2) is 5.13 Å². The molecule has 1 saturated carbocycles. The zero-order chi connectivity index (χ0) is 16.9. The van der Waals surface area contributed by atoms with Gasteiger partial charge < -0.3 is 10.6 Å². The summed E-state index contributed by atoms with van der Waals surface area (Å²) in [6.45, 7) is 1.47. The van der Waals surface area contributed by atoms with E-state index < -0.39 is 0 Å². The van der Waals surface area contributed by atoms with Crippen LogP contribution in [0.2, 0.25) is 0 Å². The van der Waals surface area contributed by atoms with Gasteiger partial charge in [0.25, 0.3) is 0 Å². The van der Waals surface area contributed by atoms with Crippen molar-refractivity contribution < 1.29 is 9.59 Å². The summed E-state index contributed by atoms with van der Waals surface area (Å²) < 4.78 is 1.03. The van der Waals surface area contributed by atoms with E-state index >= 15 is 0 Å². The Bertz CT molecular complexity index is 735. The molecule has 2 amide bonds. The molecule has 1 aliphatic carbocycles. The Hall–Kier alpha value is -1.95. The normalized spacial score (nSPS) is 15.4. The maximum Gasteiger partial charge on any atom is 0.223 e. The van der Waals surface area contributed by atoms with Crippen molar-refractivity contribution in [1.29, 1.82) is 0 Å². The van der Waals surface area contributed by atoms with Gasteiger partial charge in [-0.05, 0) is 37.0 Å². The van der Waals surface area contributed by atoms with Crippen molar-refractivity contribution >= 4 is 38.5 Å². The van der Waals surface area contributed by atoms with Crippen molar-refractivity contribution in [2.24, 2.45) is 0 Å². The molecule has 0 saturated heterocycles. The van der Waals surface area contributed by atoms with Crippen LogP contribution in [0.3, 0.4) is 0 Å². The standard InChI is InChI=1S/C18H23N3O2S/c1-12(22)19-18-21-15-9-7-13(11-16(15)24-18)8-10-17(23)20-14-5-3-2-4-6-14/h7,9,11,14H,2-6,8,10H2,1H3,(H,20,23)(H,19,21,22). The molecule has 0 spiro atoms. The molecule has 1 fully saturated rings. The molecule has 3 rings (SSSR count). The second kappa shape index (κ2) is 7.75. The highest BCUT2D eigenvalue weighted by Gasteiger charge is 2.15. The lowest BCUT2D eigenvalue weighted by atomic mass is 9.95. The van der Waals surface area contributed by atoms with Gasteiger partial charge in [-0.1, -0.05) is 36.7 Å². The Morgan fingerprint density at radius 3 is 2.79 bits per heavy atom. The lowest BCUT2D eigenvalue weighted by molar-refractivity contribution is -0.122. The van der Waals surface area contributed by atoms with Gasteiger partial charge in [0.1, 0.15) is 0 Å². The quantitative estimate of drug-likeness (QED) is 0.869. The fourth-order valence-corrected chi connectivity index (χ4v) is 4.11. The summed E-state index contributed by atoms with van der Waals surface area (Å²) >= 11 is 1.46. The SMILES string of the molecule is CC(=O)Nc1nc2ccc(CCC(=O)NC3CCCCC3)cc2s1. The van der Waals surface area contributed by atoms with Crippen molar-refractivity contribution in [1.82, 2.24) is 10.3 Å². The van der Waals surface area contributed by atoms with Gasteiger partial charge in [-0.3, -0.25) is 9.59 Å². The molecule has 0 unspecified atom stereocenters. The molecule has 128 valence electrons. The Morgan fingerprint density at radius 1 is 1.25 bits per heavy atom. The number of thiazole rings is 1. The number of nitrogens with zero attached hydrogens (tertiary/aromatic N) is 1. The number of fused-ring (bicyclic) bond motifs is 1. The van der Waals surface area contributed by atoms with Crippen LogP contribution in [0.4, 0.5) is 5.13 Å². The lowest BCUT2D eigenvalue weighted by Gasteiger charge is -2.22. The number of rotatable bonds is 5. The molecule has 5 nitrogen and oxygen atoms in total. The number of hydrogen-bond donors (Lipinski definition) is 2. The van der Waals surface area contributed by atoms with Gasteiger partial charge in [0, 0.05) is 19.4 Å². The summed E-state index contributed by atoms with van der Waals surface area (Å²) in [6, 6.07) is 6.39. The van der Waals surface area contributed by atoms with Crippen LogP contribution in [0.15, 0.2) is 18.2 Å². The molecule has 1 aromatic heterocycles. The zero-order valence-electron chi connectivity index (χ0n) is 13.9. The Labute approximate surface area is 145 Å². The molecule has 0 atom stereocenters. The van der Waals surface area contributed by atoms with Crippen molar-refractivity contribution in [2.75, 3.05) is 5.32 Å². The number of carbonyl (C=O) groups is 2. The number of carbonyl (C=O) groups excluding carboxylic acids is 2. The van der Waals surface area contributed by atoms with Crippen molar-refractivity contribution in [3.8, 4) is 0 Å². The summed E-state index contributed by atoms with van der Waals surface area (Å²) in [5.74, 6) is 0.0268. The number of amides is 2. The van der Waals surface area contributed by atoms with Crippen LogP contribution in [0.25, 0.3) is 10.2 Å². The molecule has 0 bridgehead atoms. The minimum absolute atomic E-state index is 0.117. The first-order valence-corrected chi connectivity index (χ1v) is 9.38. The van der Waals surface area contributed by atoms with Gasteiger partial charge in [-0.2, -0.15) is 0 Å². The minimum Gasteiger partial charge on any atom is -0.353 e. The van der Waals surface area contributed by atoms with Gasteiger partial charge >= 0.3 is 0 Å². The number of aromatic nitrogens is 1. The highest BCUT2D eigenvalue weighted by molar-refractivity contribution is 7.22. The van der Waals surface area contributed by atoms with Crippen molar-refractivity contribution in [3.05, 3.63) is 23.8 Å². The van der Waals surface area contributed by atoms with Crippen LogP contribution >= 0.6 is 11.3 Å². The van der Waals surface area contributed by atoms with Crippen LogP contribution in [0, 0.1) is 0 Å².